The highest BCUT2D eigenvalue weighted by Gasteiger charge is 2.12. The zero-order valence-corrected chi connectivity index (χ0v) is 23.0. The lowest BCUT2D eigenvalue weighted by Crippen LogP contribution is -2.15. The van der Waals surface area contributed by atoms with E-state index in [1.54, 1.807) is 23.1 Å². The van der Waals surface area contributed by atoms with E-state index in [1.165, 1.54) is 18.5 Å². The Labute approximate surface area is 231 Å². The van der Waals surface area contributed by atoms with E-state index >= 15 is 0 Å². The number of oxime groups is 1. The third kappa shape index (κ3) is 9.11. The Balaban J connectivity index is 0.000000304. The average Bonchev–Trinajstić information content (AvgIpc) is 3.43. The largest absolute Gasteiger partial charge is 0.391 e. The molecule has 0 spiro atoms. The zero-order valence-electron chi connectivity index (χ0n) is 20.6. The molecular formula is C27H26Cl2N4O4S. The van der Waals surface area contributed by atoms with Crippen molar-refractivity contribution in [2.24, 2.45) is 5.16 Å². The van der Waals surface area contributed by atoms with Crippen LogP contribution in [-0.2, 0) is 21.6 Å². The maximum absolute atomic E-state index is 10.5. The van der Waals surface area contributed by atoms with Gasteiger partial charge in [-0.1, -0.05) is 82.5 Å². The predicted molar refractivity (Wildman–Crippen MR) is 150 cm³/mol. The van der Waals surface area contributed by atoms with Gasteiger partial charge in [0, 0.05) is 15.6 Å². The minimum Gasteiger partial charge on any atom is -0.391 e. The maximum Gasteiger partial charge on any atom is 0.294 e. The molecule has 0 bridgehead atoms. The first-order chi connectivity index (χ1) is 18.1. The van der Waals surface area contributed by atoms with Gasteiger partial charge in [0.1, 0.15) is 25.0 Å². The third-order valence-corrected chi connectivity index (χ3v) is 6.73. The summed E-state index contributed by atoms with van der Waals surface area (Å²) in [6.07, 6.45) is 6.97. The first kappa shape index (κ1) is 29.1. The summed E-state index contributed by atoms with van der Waals surface area (Å²) in [5.41, 5.74) is 3.53. The van der Waals surface area contributed by atoms with Crippen LogP contribution in [-0.4, -0.2) is 33.4 Å². The molecule has 0 aliphatic heterocycles. The smallest absolute Gasteiger partial charge is 0.294 e. The van der Waals surface area contributed by atoms with Crippen molar-refractivity contribution < 1.29 is 17.8 Å². The number of hydrogen-bond donors (Lipinski definition) is 1. The lowest BCUT2D eigenvalue weighted by molar-refractivity contribution is 0.129. The summed E-state index contributed by atoms with van der Waals surface area (Å²) in [7, 11) is -4.02. The molecule has 0 fully saturated rings. The second-order valence-electron chi connectivity index (χ2n) is 8.11. The number of rotatable bonds is 8. The molecular weight excluding hydrogens is 547 g/mol. The molecule has 4 aromatic rings. The fourth-order valence-electron chi connectivity index (χ4n) is 3.06. The van der Waals surface area contributed by atoms with Crippen LogP contribution in [0.1, 0.15) is 29.7 Å². The summed E-state index contributed by atoms with van der Waals surface area (Å²) in [6, 6.07) is 20.9. The fraction of sp³-hybridized carbons (Fsp3) is 0.148. The van der Waals surface area contributed by atoms with E-state index in [1.807, 2.05) is 74.5 Å². The van der Waals surface area contributed by atoms with E-state index in [-0.39, 0.29) is 17.5 Å². The highest BCUT2D eigenvalue weighted by molar-refractivity contribution is 7.85. The second-order valence-corrected chi connectivity index (χ2v) is 10.4. The number of nitrogens with zero attached hydrogens (tertiary/aromatic N) is 4. The quantitative estimate of drug-likeness (QED) is 0.143. The van der Waals surface area contributed by atoms with Gasteiger partial charge in [0.2, 0.25) is 0 Å². The van der Waals surface area contributed by atoms with Crippen LogP contribution in [0.15, 0.2) is 102 Å². The summed E-state index contributed by atoms with van der Waals surface area (Å²) in [5.74, 6) is 0. The van der Waals surface area contributed by atoms with Crippen LogP contribution >= 0.6 is 23.2 Å². The van der Waals surface area contributed by atoms with Crippen LogP contribution in [0.4, 0.5) is 0 Å². The van der Waals surface area contributed by atoms with Crippen LogP contribution in [0.25, 0.3) is 6.08 Å². The SMILES string of the molecule is CC(C(C=Cc1ccc(Cl)cc1)=NOCc1ccccc1Cl)n1cncn1.Cc1ccc(S(=O)(=O)O)cc1. The minimum atomic E-state index is -4.02. The highest BCUT2D eigenvalue weighted by atomic mass is 35.5. The Bertz CT molecular complexity index is 1470. The Morgan fingerprint density at radius 1 is 1.08 bits per heavy atom. The fourth-order valence-corrected chi connectivity index (χ4v) is 3.85. The van der Waals surface area contributed by atoms with Gasteiger partial charge in [0.25, 0.3) is 10.1 Å². The van der Waals surface area contributed by atoms with Gasteiger partial charge >= 0.3 is 0 Å². The molecule has 1 unspecified atom stereocenters. The van der Waals surface area contributed by atoms with E-state index in [4.69, 9.17) is 32.6 Å². The van der Waals surface area contributed by atoms with E-state index < -0.39 is 10.1 Å². The van der Waals surface area contributed by atoms with Gasteiger partial charge in [-0.2, -0.15) is 13.5 Å². The lowest BCUT2D eigenvalue weighted by Gasteiger charge is -2.12. The number of benzene rings is 3. The van der Waals surface area contributed by atoms with Gasteiger partial charge in [-0.3, -0.25) is 4.55 Å². The van der Waals surface area contributed by atoms with Crippen molar-refractivity contribution >= 4 is 45.1 Å². The Morgan fingerprint density at radius 3 is 2.37 bits per heavy atom. The normalized spacial score (nSPS) is 12.6. The second kappa shape index (κ2) is 13.9. The molecule has 0 saturated carbocycles. The summed E-state index contributed by atoms with van der Waals surface area (Å²) in [5, 5.41) is 9.83. The molecule has 0 aliphatic carbocycles. The molecule has 8 nitrogen and oxygen atoms in total. The summed E-state index contributed by atoms with van der Waals surface area (Å²) < 4.78 is 31.3. The van der Waals surface area contributed by atoms with Gasteiger partial charge in [-0.15, -0.1) is 0 Å². The van der Waals surface area contributed by atoms with Crippen molar-refractivity contribution in [1.82, 2.24) is 14.8 Å². The first-order valence-electron chi connectivity index (χ1n) is 11.4. The summed E-state index contributed by atoms with van der Waals surface area (Å²) in [6.45, 7) is 4.09. The Kier molecular flexibility index (Phi) is 10.6. The predicted octanol–water partition coefficient (Wildman–Crippen LogP) is 6.67. The third-order valence-electron chi connectivity index (χ3n) is 5.24. The monoisotopic (exact) mass is 572 g/mol. The van der Waals surface area contributed by atoms with E-state index in [2.05, 4.69) is 15.2 Å². The molecule has 0 radical (unpaired) electrons. The van der Waals surface area contributed by atoms with Gasteiger partial charge in [-0.25, -0.2) is 9.67 Å². The van der Waals surface area contributed by atoms with Crippen molar-refractivity contribution in [3.63, 3.8) is 0 Å². The van der Waals surface area contributed by atoms with Crippen molar-refractivity contribution in [3.05, 3.63) is 118 Å². The van der Waals surface area contributed by atoms with E-state index in [0.717, 1.165) is 16.7 Å². The maximum atomic E-state index is 10.5. The highest BCUT2D eigenvalue weighted by Crippen LogP contribution is 2.17. The van der Waals surface area contributed by atoms with Gasteiger partial charge in [0.05, 0.1) is 10.9 Å². The molecule has 38 heavy (non-hydrogen) atoms. The van der Waals surface area contributed by atoms with E-state index in [0.29, 0.717) is 15.8 Å². The molecule has 1 N–H and O–H groups in total. The van der Waals surface area contributed by atoms with Gasteiger partial charge in [-0.05, 0) is 55.8 Å². The zero-order chi connectivity index (χ0) is 27.5. The number of allylic oxidation sites excluding steroid dienone is 1. The van der Waals surface area contributed by atoms with Crippen molar-refractivity contribution in [2.45, 2.75) is 31.4 Å². The van der Waals surface area contributed by atoms with Gasteiger partial charge in [0.15, 0.2) is 0 Å². The lowest BCUT2D eigenvalue weighted by atomic mass is 10.1. The molecule has 1 heterocycles. The van der Waals surface area contributed by atoms with Crippen LogP contribution in [0, 0.1) is 6.92 Å². The number of aromatic nitrogens is 3. The van der Waals surface area contributed by atoms with Crippen molar-refractivity contribution in [3.8, 4) is 0 Å². The standard InChI is InChI=1S/C20H18Cl2N4O.C7H8O3S/c1-15(26-14-23-13-24-26)20(11-8-16-6-9-18(21)10-7-16)25-27-12-17-4-2-3-5-19(17)22;1-6-2-4-7(5-3-6)11(8,9)10/h2-11,13-15H,12H2,1H3;2-5H,1H3,(H,8,9,10). The number of aryl methyl sites for hydroxylation is 1. The summed E-state index contributed by atoms with van der Waals surface area (Å²) >= 11 is 12.1. The molecule has 4 rings (SSSR count). The molecule has 1 atom stereocenters. The topological polar surface area (TPSA) is 107 Å². The van der Waals surface area contributed by atoms with Crippen LogP contribution in [0.5, 0.6) is 0 Å². The first-order valence-corrected chi connectivity index (χ1v) is 13.6. The number of halogens is 2. The summed E-state index contributed by atoms with van der Waals surface area (Å²) in [4.78, 5) is 9.49. The molecule has 0 saturated heterocycles. The van der Waals surface area contributed by atoms with E-state index in [9.17, 15) is 8.42 Å². The van der Waals surface area contributed by atoms with Crippen LogP contribution in [0.2, 0.25) is 10.0 Å². The van der Waals surface area contributed by atoms with Gasteiger partial charge < -0.3 is 4.84 Å². The minimum absolute atomic E-state index is 0.0666. The number of hydrogen-bond acceptors (Lipinski definition) is 6. The van der Waals surface area contributed by atoms with Crippen LogP contribution < -0.4 is 0 Å². The Hall–Kier alpha value is -3.50. The van der Waals surface area contributed by atoms with Crippen molar-refractivity contribution in [2.75, 3.05) is 0 Å². The molecule has 1 aromatic heterocycles. The molecule has 0 aliphatic rings. The molecule has 198 valence electrons. The molecule has 11 heteroatoms. The Morgan fingerprint density at radius 2 is 1.76 bits per heavy atom. The van der Waals surface area contributed by atoms with Crippen LogP contribution in [0.3, 0.4) is 0 Å². The average molecular weight is 574 g/mol. The molecule has 0 amide bonds. The van der Waals surface area contributed by atoms with Crippen molar-refractivity contribution in [1.29, 1.82) is 0 Å². The molecule has 3 aromatic carbocycles.